The van der Waals surface area contributed by atoms with Crippen molar-refractivity contribution in [3.63, 3.8) is 0 Å². The van der Waals surface area contributed by atoms with Crippen LogP contribution in [0, 0.1) is 0 Å². The van der Waals surface area contributed by atoms with Crippen molar-refractivity contribution in [1.82, 2.24) is 0 Å². The van der Waals surface area contributed by atoms with Crippen molar-refractivity contribution >= 4 is 0 Å². The first-order chi connectivity index (χ1) is 6.52. The molecule has 1 spiro atoms. The molecule has 0 aromatic rings. The molecule has 0 amide bonds. The van der Waals surface area contributed by atoms with Gasteiger partial charge in [0.25, 0.3) is 0 Å². The SMILES string of the molecule is CC1(C)COC2(CCC(N)CC2)OO1. The second-order valence-electron chi connectivity index (χ2n) is 4.96. The maximum absolute atomic E-state index is 5.83. The third kappa shape index (κ3) is 2.08. The maximum atomic E-state index is 5.83. The van der Waals surface area contributed by atoms with Crippen LogP contribution in [0.1, 0.15) is 39.5 Å². The van der Waals surface area contributed by atoms with E-state index in [1.54, 1.807) is 0 Å². The standard InChI is InChI=1S/C10H19NO3/c1-9(2)7-12-10(14-13-9)5-3-8(11)4-6-10/h8H,3-7,11H2,1-2H3. The first-order valence-corrected chi connectivity index (χ1v) is 5.28. The molecule has 4 nitrogen and oxygen atoms in total. The van der Waals surface area contributed by atoms with Crippen LogP contribution in [0.2, 0.25) is 0 Å². The highest BCUT2D eigenvalue weighted by Gasteiger charge is 2.44. The molecular formula is C10H19NO3. The number of hydrogen-bond acceptors (Lipinski definition) is 4. The molecule has 82 valence electrons. The molecule has 14 heavy (non-hydrogen) atoms. The molecule has 0 aromatic carbocycles. The zero-order valence-electron chi connectivity index (χ0n) is 8.91. The van der Waals surface area contributed by atoms with Crippen molar-refractivity contribution in [3.05, 3.63) is 0 Å². The molecule has 0 atom stereocenters. The van der Waals surface area contributed by atoms with Crippen molar-refractivity contribution in [1.29, 1.82) is 0 Å². The predicted octanol–water partition coefficient (Wildman–Crippen LogP) is 1.34. The highest BCUT2D eigenvalue weighted by atomic mass is 17.2. The number of nitrogens with two attached hydrogens (primary N) is 1. The van der Waals surface area contributed by atoms with Crippen molar-refractivity contribution < 1.29 is 14.5 Å². The Bertz CT molecular complexity index is 197. The summed E-state index contributed by atoms with van der Waals surface area (Å²) in [6.07, 6.45) is 3.57. The fraction of sp³-hybridized carbons (Fsp3) is 1.00. The zero-order chi connectivity index (χ0) is 10.2. The Hall–Kier alpha value is -0.160. The van der Waals surface area contributed by atoms with E-state index in [1.807, 2.05) is 13.8 Å². The van der Waals surface area contributed by atoms with Crippen LogP contribution in [0.4, 0.5) is 0 Å². The van der Waals surface area contributed by atoms with E-state index in [0.717, 1.165) is 25.7 Å². The summed E-state index contributed by atoms with van der Waals surface area (Å²) in [5.41, 5.74) is 5.50. The molecule has 0 bridgehead atoms. The lowest BCUT2D eigenvalue weighted by molar-refractivity contribution is -0.511. The van der Waals surface area contributed by atoms with Crippen molar-refractivity contribution in [2.45, 2.75) is 57.0 Å². The molecule has 1 heterocycles. The van der Waals surface area contributed by atoms with Gasteiger partial charge in [0, 0.05) is 18.9 Å². The third-order valence-electron chi connectivity index (χ3n) is 2.89. The minimum Gasteiger partial charge on any atom is -0.344 e. The summed E-state index contributed by atoms with van der Waals surface area (Å²) in [6.45, 7) is 4.49. The van der Waals surface area contributed by atoms with E-state index in [0.29, 0.717) is 12.6 Å². The summed E-state index contributed by atoms with van der Waals surface area (Å²) in [5.74, 6) is -0.509. The number of hydrogen-bond donors (Lipinski definition) is 1. The van der Waals surface area contributed by atoms with Gasteiger partial charge in [0.1, 0.15) is 5.60 Å². The van der Waals surface area contributed by atoms with E-state index in [4.69, 9.17) is 20.2 Å². The van der Waals surface area contributed by atoms with Crippen LogP contribution in [0.15, 0.2) is 0 Å². The Morgan fingerprint density at radius 1 is 1.14 bits per heavy atom. The average molecular weight is 201 g/mol. The smallest absolute Gasteiger partial charge is 0.201 e. The summed E-state index contributed by atoms with van der Waals surface area (Å²) < 4.78 is 5.77. The predicted molar refractivity (Wildman–Crippen MR) is 51.4 cm³/mol. The minimum absolute atomic E-state index is 0.294. The van der Waals surface area contributed by atoms with E-state index in [9.17, 15) is 0 Å². The molecule has 0 radical (unpaired) electrons. The second kappa shape index (κ2) is 3.45. The first kappa shape index (κ1) is 10.4. The molecule has 1 aliphatic heterocycles. The summed E-state index contributed by atoms with van der Waals surface area (Å²) in [6, 6.07) is 0.294. The summed E-state index contributed by atoms with van der Waals surface area (Å²) >= 11 is 0. The van der Waals surface area contributed by atoms with Crippen molar-refractivity contribution in [2.24, 2.45) is 5.73 Å². The number of rotatable bonds is 0. The fourth-order valence-electron chi connectivity index (χ4n) is 1.85. The molecule has 1 saturated heterocycles. The lowest BCUT2D eigenvalue weighted by atomic mass is 9.90. The van der Waals surface area contributed by atoms with Crippen LogP contribution >= 0.6 is 0 Å². The summed E-state index contributed by atoms with van der Waals surface area (Å²) in [5, 5.41) is 0. The largest absolute Gasteiger partial charge is 0.344 e. The van der Waals surface area contributed by atoms with Gasteiger partial charge in [-0.2, -0.15) is 0 Å². The summed E-state index contributed by atoms with van der Waals surface area (Å²) in [4.78, 5) is 10.7. The van der Waals surface area contributed by atoms with Gasteiger partial charge in [0.15, 0.2) is 0 Å². The van der Waals surface area contributed by atoms with E-state index >= 15 is 0 Å². The van der Waals surface area contributed by atoms with E-state index in [2.05, 4.69) is 0 Å². The minimum atomic E-state index is -0.509. The lowest BCUT2D eigenvalue weighted by Crippen LogP contribution is -2.52. The Morgan fingerprint density at radius 3 is 2.29 bits per heavy atom. The monoisotopic (exact) mass is 201 g/mol. The van der Waals surface area contributed by atoms with Gasteiger partial charge in [-0.25, -0.2) is 9.78 Å². The van der Waals surface area contributed by atoms with Gasteiger partial charge in [-0.3, -0.25) is 0 Å². The molecule has 0 unspecified atom stereocenters. The Kier molecular flexibility index (Phi) is 2.55. The van der Waals surface area contributed by atoms with Gasteiger partial charge in [-0.05, 0) is 26.7 Å². The lowest BCUT2D eigenvalue weighted by Gasteiger charge is -2.44. The van der Waals surface area contributed by atoms with Gasteiger partial charge >= 0.3 is 0 Å². The maximum Gasteiger partial charge on any atom is 0.201 e. The number of ether oxygens (including phenoxy) is 1. The normalized spacial score (nSPS) is 42.6. The van der Waals surface area contributed by atoms with Gasteiger partial charge < -0.3 is 10.5 Å². The quantitative estimate of drug-likeness (QED) is 0.601. The highest BCUT2D eigenvalue weighted by Crippen LogP contribution is 2.37. The molecule has 1 aliphatic carbocycles. The molecule has 2 aliphatic rings. The average Bonchev–Trinajstić information content (AvgIpc) is 2.16. The van der Waals surface area contributed by atoms with Gasteiger partial charge in [0.05, 0.1) is 6.61 Å². The second-order valence-corrected chi connectivity index (χ2v) is 4.96. The topological polar surface area (TPSA) is 53.7 Å². The van der Waals surface area contributed by atoms with Crippen LogP contribution < -0.4 is 5.73 Å². The molecule has 0 aromatic heterocycles. The third-order valence-corrected chi connectivity index (χ3v) is 2.89. The Morgan fingerprint density at radius 2 is 1.79 bits per heavy atom. The van der Waals surface area contributed by atoms with E-state index < -0.39 is 5.79 Å². The van der Waals surface area contributed by atoms with Crippen LogP contribution in [0.3, 0.4) is 0 Å². The molecule has 2 rings (SSSR count). The van der Waals surface area contributed by atoms with Crippen LogP contribution in [0.25, 0.3) is 0 Å². The molecule has 1 saturated carbocycles. The summed E-state index contributed by atoms with van der Waals surface area (Å²) in [7, 11) is 0. The Labute approximate surface area is 84.6 Å². The highest BCUT2D eigenvalue weighted by molar-refractivity contribution is 4.84. The fourth-order valence-corrected chi connectivity index (χ4v) is 1.85. The van der Waals surface area contributed by atoms with Gasteiger partial charge in [0.2, 0.25) is 5.79 Å². The first-order valence-electron chi connectivity index (χ1n) is 5.28. The van der Waals surface area contributed by atoms with Crippen LogP contribution in [0.5, 0.6) is 0 Å². The van der Waals surface area contributed by atoms with E-state index in [-0.39, 0.29) is 5.60 Å². The zero-order valence-corrected chi connectivity index (χ0v) is 8.91. The van der Waals surface area contributed by atoms with Crippen LogP contribution in [-0.2, 0) is 14.5 Å². The molecular weight excluding hydrogens is 182 g/mol. The van der Waals surface area contributed by atoms with Gasteiger partial charge in [-0.1, -0.05) is 0 Å². The van der Waals surface area contributed by atoms with Crippen molar-refractivity contribution in [2.75, 3.05) is 6.61 Å². The van der Waals surface area contributed by atoms with Crippen molar-refractivity contribution in [3.8, 4) is 0 Å². The van der Waals surface area contributed by atoms with Crippen LogP contribution in [-0.4, -0.2) is 24.0 Å². The molecule has 2 N–H and O–H groups in total. The Balaban J connectivity index is 1.93. The molecule has 2 fully saturated rings. The van der Waals surface area contributed by atoms with E-state index in [1.165, 1.54) is 0 Å². The van der Waals surface area contributed by atoms with Gasteiger partial charge in [-0.15, -0.1) is 0 Å². The molecule has 4 heteroatoms.